The van der Waals surface area contributed by atoms with Gasteiger partial charge in [0.15, 0.2) is 11.6 Å². The average Bonchev–Trinajstić information content (AvgIpc) is 2.39. The Kier molecular flexibility index (Phi) is 4.37. The standard InChI is InChI=1S/C13H11ClF2N2S/c1-3-11-17-12(14)7(2)13(18-11)19-8-4-5-9(15)10(16)6-8/h4-6H,3H2,1-2H3. The van der Waals surface area contributed by atoms with Crippen molar-refractivity contribution in [2.24, 2.45) is 0 Å². The summed E-state index contributed by atoms with van der Waals surface area (Å²) in [6, 6.07) is 3.74. The van der Waals surface area contributed by atoms with Crippen molar-refractivity contribution in [3.63, 3.8) is 0 Å². The molecule has 0 aliphatic heterocycles. The van der Waals surface area contributed by atoms with Gasteiger partial charge in [-0.05, 0) is 25.1 Å². The topological polar surface area (TPSA) is 25.8 Å². The van der Waals surface area contributed by atoms with Crippen LogP contribution in [0.3, 0.4) is 0 Å². The number of aryl methyl sites for hydroxylation is 1. The summed E-state index contributed by atoms with van der Waals surface area (Å²) in [4.78, 5) is 9.05. The zero-order valence-corrected chi connectivity index (χ0v) is 11.9. The minimum absolute atomic E-state index is 0.386. The molecule has 0 spiro atoms. The van der Waals surface area contributed by atoms with Crippen molar-refractivity contribution >= 4 is 23.4 Å². The quantitative estimate of drug-likeness (QED) is 0.784. The van der Waals surface area contributed by atoms with Crippen LogP contribution in [0.2, 0.25) is 5.15 Å². The van der Waals surface area contributed by atoms with Crippen molar-refractivity contribution in [2.75, 3.05) is 0 Å². The second kappa shape index (κ2) is 5.84. The summed E-state index contributed by atoms with van der Waals surface area (Å²) in [5.41, 5.74) is 0.730. The largest absolute Gasteiger partial charge is 0.226 e. The lowest BCUT2D eigenvalue weighted by Gasteiger charge is -2.08. The Morgan fingerprint density at radius 2 is 1.95 bits per heavy atom. The fourth-order valence-electron chi connectivity index (χ4n) is 1.42. The second-order valence-electron chi connectivity index (χ2n) is 3.89. The van der Waals surface area contributed by atoms with Gasteiger partial charge in [0.1, 0.15) is 16.0 Å². The van der Waals surface area contributed by atoms with Gasteiger partial charge < -0.3 is 0 Å². The lowest BCUT2D eigenvalue weighted by molar-refractivity contribution is 0.506. The van der Waals surface area contributed by atoms with Gasteiger partial charge in [-0.3, -0.25) is 0 Å². The summed E-state index contributed by atoms with van der Waals surface area (Å²) in [5.74, 6) is -1.12. The van der Waals surface area contributed by atoms with Crippen LogP contribution in [-0.2, 0) is 6.42 Å². The highest BCUT2D eigenvalue weighted by molar-refractivity contribution is 7.99. The zero-order chi connectivity index (χ0) is 14.0. The SMILES string of the molecule is CCc1nc(Cl)c(C)c(Sc2ccc(F)c(F)c2)n1. The summed E-state index contributed by atoms with van der Waals surface area (Å²) < 4.78 is 26.0. The van der Waals surface area contributed by atoms with Crippen LogP contribution in [0.1, 0.15) is 18.3 Å². The summed E-state index contributed by atoms with van der Waals surface area (Å²) >= 11 is 7.26. The summed E-state index contributed by atoms with van der Waals surface area (Å²) in [6.45, 7) is 3.72. The number of hydrogen-bond acceptors (Lipinski definition) is 3. The molecule has 2 aromatic rings. The van der Waals surface area contributed by atoms with Crippen molar-refractivity contribution in [1.29, 1.82) is 0 Å². The Morgan fingerprint density at radius 1 is 1.21 bits per heavy atom. The maximum Gasteiger partial charge on any atom is 0.159 e. The molecule has 0 atom stereocenters. The predicted octanol–water partition coefficient (Wildman–Crippen LogP) is 4.43. The molecule has 100 valence electrons. The predicted molar refractivity (Wildman–Crippen MR) is 71.6 cm³/mol. The van der Waals surface area contributed by atoms with Gasteiger partial charge in [-0.2, -0.15) is 0 Å². The first kappa shape index (κ1) is 14.2. The fourth-order valence-corrected chi connectivity index (χ4v) is 2.59. The Morgan fingerprint density at radius 3 is 2.58 bits per heavy atom. The molecule has 2 rings (SSSR count). The van der Waals surface area contributed by atoms with Gasteiger partial charge in [-0.1, -0.05) is 30.3 Å². The van der Waals surface area contributed by atoms with E-state index in [0.29, 0.717) is 27.3 Å². The van der Waals surface area contributed by atoms with Crippen LogP contribution in [0.15, 0.2) is 28.1 Å². The molecule has 0 unspecified atom stereocenters. The van der Waals surface area contributed by atoms with E-state index in [4.69, 9.17) is 11.6 Å². The van der Waals surface area contributed by atoms with Gasteiger partial charge in [0.25, 0.3) is 0 Å². The van der Waals surface area contributed by atoms with Gasteiger partial charge in [0.05, 0.1) is 0 Å². The lowest BCUT2D eigenvalue weighted by atomic mass is 10.3. The molecule has 0 aliphatic carbocycles. The molecule has 0 bridgehead atoms. The van der Waals surface area contributed by atoms with Crippen LogP contribution >= 0.6 is 23.4 Å². The maximum absolute atomic E-state index is 13.2. The van der Waals surface area contributed by atoms with E-state index < -0.39 is 11.6 Å². The molecule has 0 saturated carbocycles. The molecule has 6 heteroatoms. The van der Waals surface area contributed by atoms with Crippen LogP contribution < -0.4 is 0 Å². The Hall–Kier alpha value is -1.20. The number of halogens is 3. The van der Waals surface area contributed by atoms with Gasteiger partial charge in [-0.25, -0.2) is 18.7 Å². The van der Waals surface area contributed by atoms with Crippen LogP contribution in [0.4, 0.5) is 8.78 Å². The minimum Gasteiger partial charge on any atom is -0.226 e. The molecule has 0 aliphatic rings. The Balaban J connectivity index is 2.37. The summed E-state index contributed by atoms with van der Waals surface area (Å²) in [6.07, 6.45) is 0.658. The van der Waals surface area contributed by atoms with Gasteiger partial charge in [0, 0.05) is 16.9 Å². The molecule has 1 heterocycles. The van der Waals surface area contributed by atoms with E-state index in [1.807, 2.05) is 6.92 Å². The second-order valence-corrected chi connectivity index (χ2v) is 5.31. The van der Waals surface area contributed by atoms with Crippen molar-refractivity contribution in [2.45, 2.75) is 30.2 Å². The van der Waals surface area contributed by atoms with E-state index in [-0.39, 0.29) is 0 Å². The van der Waals surface area contributed by atoms with Gasteiger partial charge >= 0.3 is 0 Å². The first-order valence-corrected chi connectivity index (χ1v) is 6.86. The monoisotopic (exact) mass is 300 g/mol. The Bertz CT molecular complexity index is 620. The van der Waals surface area contributed by atoms with E-state index in [0.717, 1.165) is 17.7 Å². The molecule has 1 aromatic heterocycles. The number of benzene rings is 1. The van der Waals surface area contributed by atoms with Crippen molar-refractivity contribution in [3.8, 4) is 0 Å². The Labute approximate surface area is 119 Å². The summed E-state index contributed by atoms with van der Waals surface area (Å²) in [7, 11) is 0. The molecule has 0 N–H and O–H groups in total. The maximum atomic E-state index is 13.2. The van der Waals surface area contributed by atoms with Crippen LogP contribution in [-0.4, -0.2) is 9.97 Å². The first-order chi connectivity index (χ1) is 9.01. The average molecular weight is 301 g/mol. The van der Waals surface area contributed by atoms with Crippen molar-refractivity contribution < 1.29 is 8.78 Å². The van der Waals surface area contributed by atoms with Crippen molar-refractivity contribution in [1.82, 2.24) is 9.97 Å². The molecular formula is C13H11ClF2N2S. The number of rotatable bonds is 3. The minimum atomic E-state index is -0.876. The number of aromatic nitrogens is 2. The third kappa shape index (κ3) is 3.22. The van der Waals surface area contributed by atoms with Crippen molar-refractivity contribution in [3.05, 3.63) is 46.4 Å². The van der Waals surface area contributed by atoms with Gasteiger partial charge in [0.2, 0.25) is 0 Å². The number of hydrogen-bond donors (Lipinski definition) is 0. The molecular weight excluding hydrogens is 290 g/mol. The first-order valence-electron chi connectivity index (χ1n) is 5.67. The van der Waals surface area contributed by atoms with E-state index in [2.05, 4.69) is 9.97 Å². The number of nitrogens with zero attached hydrogens (tertiary/aromatic N) is 2. The molecule has 0 fully saturated rings. The zero-order valence-electron chi connectivity index (χ0n) is 10.4. The molecule has 0 radical (unpaired) electrons. The van der Waals surface area contributed by atoms with E-state index >= 15 is 0 Å². The normalized spacial score (nSPS) is 10.8. The molecule has 1 aromatic carbocycles. The smallest absolute Gasteiger partial charge is 0.159 e. The third-order valence-electron chi connectivity index (χ3n) is 2.51. The molecule has 0 amide bonds. The van der Waals surface area contributed by atoms with E-state index in [1.54, 1.807) is 6.92 Å². The fraction of sp³-hybridized carbons (Fsp3) is 0.231. The molecule has 0 saturated heterocycles. The van der Waals surface area contributed by atoms with Gasteiger partial charge in [-0.15, -0.1) is 0 Å². The highest BCUT2D eigenvalue weighted by Gasteiger charge is 2.11. The summed E-state index contributed by atoms with van der Waals surface area (Å²) in [5, 5.41) is 1.04. The van der Waals surface area contributed by atoms with E-state index in [9.17, 15) is 8.78 Å². The van der Waals surface area contributed by atoms with Crippen LogP contribution in [0.5, 0.6) is 0 Å². The van der Waals surface area contributed by atoms with Crippen LogP contribution in [0.25, 0.3) is 0 Å². The van der Waals surface area contributed by atoms with E-state index in [1.165, 1.54) is 17.8 Å². The highest BCUT2D eigenvalue weighted by Crippen LogP contribution is 2.31. The molecule has 2 nitrogen and oxygen atoms in total. The van der Waals surface area contributed by atoms with Crippen LogP contribution in [0, 0.1) is 18.6 Å². The molecule has 19 heavy (non-hydrogen) atoms. The third-order valence-corrected chi connectivity index (χ3v) is 3.96. The lowest BCUT2D eigenvalue weighted by Crippen LogP contribution is -1.98. The highest BCUT2D eigenvalue weighted by atomic mass is 35.5.